The van der Waals surface area contributed by atoms with Gasteiger partial charge in [0.25, 0.3) is 0 Å². The molecule has 0 saturated heterocycles. The van der Waals surface area contributed by atoms with E-state index < -0.39 is 10.2 Å². The number of hydrogen-bond donors (Lipinski definition) is 2. The number of nitrogens with one attached hydrogen (secondary N) is 2. The van der Waals surface area contributed by atoms with Crippen LogP contribution in [0.5, 0.6) is 0 Å². The zero-order valence-corrected chi connectivity index (χ0v) is 15.4. The van der Waals surface area contributed by atoms with E-state index in [4.69, 9.17) is 0 Å². The van der Waals surface area contributed by atoms with Crippen LogP contribution in [0.25, 0.3) is 11.1 Å². The normalized spacial score (nSPS) is 11.4. The van der Waals surface area contributed by atoms with Crippen LogP contribution in [0, 0.1) is 6.92 Å². The Kier molecular flexibility index (Phi) is 5.70. The molecule has 0 aromatic carbocycles. The van der Waals surface area contributed by atoms with Crippen LogP contribution < -0.4 is 10.0 Å². The van der Waals surface area contributed by atoms with Gasteiger partial charge in [-0.1, -0.05) is 6.92 Å². The Morgan fingerprint density at radius 1 is 1.24 bits per heavy atom. The Morgan fingerprint density at radius 3 is 2.60 bits per heavy atom. The quantitative estimate of drug-likeness (QED) is 0.817. The first-order valence-corrected chi connectivity index (χ1v) is 9.11. The highest BCUT2D eigenvalue weighted by atomic mass is 32.2. The number of amides is 1. The van der Waals surface area contributed by atoms with E-state index in [1.165, 1.54) is 18.3 Å². The second-order valence-electron chi connectivity index (χ2n) is 5.49. The predicted molar refractivity (Wildman–Crippen MR) is 97.4 cm³/mol. The van der Waals surface area contributed by atoms with Crippen molar-refractivity contribution in [3.63, 3.8) is 0 Å². The third-order valence-corrected chi connectivity index (χ3v) is 5.14. The summed E-state index contributed by atoms with van der Waals surface area (Å²) in [6.07, 6.45) is 3.21. The van der Waals surface area contributed by atoms with Gasteiger partial charge in [-0.15, -0.1) is 0 Å². The van der Waals surface area contributed by atoms with Gasteiger partial charge in [0.1, 0.15) is 5.82 Å². The number of rotatable bonds is 6. The Bertz CT molecular complexity index is 883. The van der Waals surface area contributed by atoms with Crippen molar-refractivity contribution in [3.8, 4) is 11.1 Å². The van der Waals surface area contributed by atoms with E-state index in [1.807, 2.05) is 0 Å². The highest BCUT2D eigenvalue weighted by Gasteiger charge is 2.17. The minimum absolute atomic E-state index is 0.220. The van der Waals surface area contributed by atoms with Crippen LogP contribution in [0.3, 0.4) is 0 Å². The molecule has 0 unspecified atom stereocenters. The monoisotopic (exact) mass is 363 g/mol. The van der Waals surface area contributed by atoms with Gasteiger partial charge in [0, 0.05) is 38.5 Å². The molecule has 0 radical (unpaired) electrons. The number of aryl methyl sites for hydroxylation is 1. The van der Waals surface area contributed by atoms with Crippen molar-refractivity contribution in [1.82, 2.24) is 14.3 Å². The summed E-state index contributed by atoms with van der Waals surface area (Å²) in [6, 6.07) is 5.16. The van der Waals surface area contributed by atoms with Crippen LogP contribution in [0.2, 0.25) is 0 Å². The third-order valence-electron chi connectivity index (χ3n) is 3.58. The number of aromatic nitrogens is 2. The minimum atomic E-state index is -3.63. The summed E-state index contributed by atoms with van der Waals surface area (Å²) in [5.74, 6) is 0.196. The van der Waals surface area contributed by atoms with Gasteiger partial charge in [-0.05, 0) is 30.7 Å². The smallest absolute Gasteiger partial charge is 0.301 e. The summed E-state index contributed by atoms with van der Waals surface area (Å²) in [5, 5.41) is 2.61. The molecule has 0 aliphatic carbocycles. The van der Waals surface area contributed by atoms with Crippen LogP contribution in [-0.2, 0) is 15.0 Å². The maximum absolute atomic E-state index is 12.2. The second kappa shape index (κ2) is 7.58. The largest absolute Gasteiger partial charge is 0.311 e. The van der Waals surface area contributed by atoms with Crippen LogP contribution in [-0.4, -0.2) is 42.2 Å². The fourth-order valence-electron chi connectivity index (χ4n) is 2.04. The van der Waals surface area contributed by atoms with Gasteiger partial charge in [0.2, 0.25) is 5.91 Å². The minimum Gasteiger partial charge on any atom is -0.311 e. The number of pyridine rings is 2. The lowest BCUT2D eigenvalue weighted by atomic mass is 10.1. The summed E-state index contributed by atoms with van der Waals surface area (Å²) in [4.78, 5) is 19.5. The molecule has 134 valence electrons. The molecule has 2 rings (SSSR count). The van der Waals surface area contributed by atoms with Gasteiger partial charge in [-0.3, -0.25) is 14.5 Å². The van der Waals surface area contributed by atoms with E-state index in [1.54, 1.807) is 44.4 Å². The van der Waals surface area contributed by atoms with Gasteiger partial charge < -0.3 is 5.32 Å². The second-order valence-corrected chi connectivity index (χ2v) is 7.27. The molecule has 2 N–H and O–H groups in total. The van der Waals surface area contributed by atoms with Gasteiger partial charge >= 0.3 is 10.2 Å². The standard InChI is InChI=1S/C16H21N5O3S/c1-5-21(4)25(23,24)20-15-8-14(10-18-11(15)2)13-6-7-17-16(9-13)19-12(3)22/h6-10,20H,5H2,1-4H3,(H,17,19,22). The van der Waals surface area contributed by atoms with E-state index in [-0.39, 0.29) is 5.91 Å². The van der Waals surface area contributed by atoms with E-state index in [0.717, 1.165) is 5.56 Å². The fourth-order valence-corrected chi connectivity index (χ4v) is 3.02. The van der Waals surface area contributed by atoms with E-state index in [9.17, 15) is 13.2 Å². The van der Waals surface area contributed by atoms with Crippen molar-refractivity contribution >= 4 is 27.6 Å². The number of carbonyl (C=O) groups excluding carboxylic acids is 1. The maximum atomic E-state index is 12.2. The first kappa shape index (κ1) is 18.8. The molecule has 0 saturated carbocycles. The summed E-state index contributed by atoms with van der Waals surface area (Å²) >= 11 is 0. The lowest BCUT2D eigenvalue weighted by Crippen LogP contribution is -2.32. The number of hydrogen-bond acceptors (Lipinski definition) is 5. The molecule has 2 aromatic heterocycles. The number of anilines is 2. The van der Waals surface area contributed by atoms with Crippen molar-refractivity contribution in [2.75, 3.05) is 23.6 Å². The van der Waals surface area contributed by atoms with Crippen molar-refractivity contribution in [2.45, 2.75) is 20.8 Å². The van der Waals surface area contributed by atoms with Crippen LogP contribution in [0.4, 0.5) is 11.5 Å². The molecule has 0 aliphatic rings. The van der Waals surface area contributed by atoms with E-state index >= 15 is 0 Å². The van der Waals surface area contributed by atoms with Gasteiger partial charge in [-0.2, -0.15) is 12.7 Å². The van der Waals surface area contributed by atoms with Gasteiger partial charge in [0.05, 0.1) is 11.4 Å². The molecular formula is C16H21N5O3S. The topological polar surface area (TPSA) is 104 Å². The molecule has 0 aliphatic heterocycles. The van der Waals surface area contributed by atoms with E-state index in [0.29, 0.717) is 29.3 Å². The fraction of sp³-hybridized carbons (Fsp3) is 0.312. The zero-order valence-electron chi connectivity index (χ0n) is 14.6. The number of nitrogens with zero attached hydrogens (tertiary/aromatic N) is 3. The molecule has 8 nitrogen and oxygen atoms in total. The molecule has 0 spiro atoms. The van der Waals surface area contributed by atoms with Gasteiger partial charge in [0.15, 0.2) is 0 Å². The van der Waals surface area contributed by atoms with Crippen LogP contribution >= 0.6 is 0 Å². The first-order valence-electron chi connectivity index (χ1n) is 7.67. The number of carbonyl (C=O) groups is 1. The van der Waals surface area contributed by atoms with Crippen molar-refractivity contribution < 1.29 is 13.2 Å². The van der Waals surface area contributed by atoms with Gasteiger partial charge in [-0.25, -0.2) is 4.98 Å². The van der Waals surface area contributed by atoms with Crippen LogP contribution in [0.1, 0.15) is 19.5 Å². The predicted octanol–water partition coefficient (Wildman–Crippen LogP) is 2.02. The molecule has 1 amide bonds. The maximum Gasteiger partial charge on any atom is 0.301 e. The Labute approximate surface area is 147 Å². The summed E-state index contributed by atoms with van der Waals surface area (Å²) in [7, 11) is -2.14. The highest BCUT2D eigenvalue weighted by Crippen LogP contribution is 2.25. The average Bonchev–Trinajstić information content (AvgIpc) is 2.55. The van der Waals surface area contributed by atoms with Crippen molar-refractivity contribution in [2.24, 2.45) is 0 Å². The average molecular weight is 363 g/mol. The Balaban J connectivity index is 2.38. The molecule has 0 atom stereocenters. The molecule has 0 fully saturated rings. The van der Waals surface area contributed by atoms with Crippen LogP contribution in [0.15, 0.2) is 30.6 Å². The lowest BCUT2D eigenvalue weighted by molar-refractivity contribution is -0.114. The molecule has 9 heteroatoms. The SMILES string of the molecule is CCN(C)S(=O)(=O)Nc1cc(-c2ccnc(NC(C)=O)c2)cnc1C. The Hall–Kier alpha value is -2.52. The van der Waals surface area contributed by atoms with Crippen molar-refractivity contribution in [3.05, 3.63) is 36.3 Å². The molecular weight excluding hydrogens is 342 g/mol. The summed E-state index contributed by atoms with van der Waals surface area (Å²) < 4.78 is 28.2. The molecule has 2 aromatic rings. The van der Waals surface area contributed by atoms with Crippen molar-refractivity contribution in [1.29, 1.82) is 0 Å². The summed E-state index contributed by atoms with van der Waals surface area (Å²) in [6.45, 7) is 5.23. The first-order chi connectivity index (χ1) is 11.7. The zero-order chi connectivity index (χ0) is 18.6. The summed E-state index contributed by atoms with van der Waals surface area (Å²) in [5.41, 5.74) is 2.43. The third kappa shape index (κ3) is 4.74. The lowest BCUT2D eigenvalue weighted by Gasteiger charge is -2.17. The van der Waals surface area contributed by atoms with E-state index in [2.05, 4.69) is 20.0 Å². The Morgan fingerprint density at radius 2 is 1.96 bits per heavy atom. The molecule has 2 heterocycles. The highest BCUT2D eigenvalue weighted by molar-refractivity contribution is 7.90. The molecule has 25 heavy (non-hydrogen) atoms. The molecule has 0 bridgehead atoms.